The van der Waals surface area contributed by atoms with E-state index >= 15 is 0 Å². The van der Waals surface area contributed by atoms with Crippen LogP contribution < -0.4 is 20.1 Å². The van der Waals surface area contributed by atoms with Gasteiger partial charge in [-0.15, -0.1) is 0 Å². The minimum atomic E-state index is -2.95. The van der Waals surface area contributed by atoms with Crippen molar-refractivity contribution in [3.63, 3.8) is 0 Å². The van der Waals surface area contributed by atoms with Gasteiger partial charge in [0.2, 0.25) is 0 Å². The summed E-state index contributed by atoms with van der Waals surface area (Å²) in [7, 11) is -1.30. The van der Waals surface area contributed by atoms with Crippen LogP contribution in [0.5, 0.6) is 11.5 Å². The summed E-state index contributed by atoms with van der Waals surface area (Å²) in [5.74, 6) is 2.32. The highest BCUT2D eigenvalue weighted by Gasteiger charge is 2.20. The normalized spacial score (nSPS) is 15.5. The Balaban J connectivity index is 2.05. The number of benzene rings is 1. The van der Waals surface area contributed by atoms with Crippen molar-refractivity contribution in [1.82, 2.24) is 10.6 Å². The van der Waals surface area contributed by atoms with Gasteiger partial charge in [-0.1, -0.05) is 12.1 Å². The molecular formula is C20H33N3O4S. The van der Waals surface area contributed by atoms with Crippen LogP contribution in [0.15, 0.2) is 23.2 Å². The van der Waals surface area contributed by atoms with Crippen molar-refractivity contribution in [2.24, 2.45) is 4.99 Å². The van der Waals surface area contributed by atoms with E-state index in [1.54, 1.807) is 7.11 Å². The molecule has 1 aromatic rings. The molecule has 7 nitrogen and oxygen atoms in total. The third-order valence-corrected chi connectivity index (χ3v) is 5.63. The molecule has 1 aliphatic rings. The first kappa shape index (κ1) is 22.3. The molecule has 0 atom stereocenters. The van der Waals surface area contributed by atoms with Crippen LogP contribution in [0, 0.1) is 0 Å². The lowest BCUT2D eigenvalue weighted by molar-refractivity contribution is 0.198. The highest BCUT2D eigenvalue weighted by Crippen LogP contribution is 2.35. The van der Waals surface area contributed by atoms with E-state index in [0.29, 0.717) is 25.5 Å². The minimum absolute atomic E-state index is 0.161. The topological polar surface area (TPSA) is 89.0 Å². The lowest BCUT2D eigenvalue weighted by Gasteiger charge is -2.19. The van der Waals surface area contributed by atoms with Crippen molar-refractivity contribution in [2.45, 2.75) is 51.7 Å². The van der Waals surface area contributed by atoms with E-state index in [-0.39, 0.29) is 11.9 Å². The molecule has 0 unspecified atom stereocenters. The Morgan fingerprint density at radius 3 is 2.64 bits per heavy atom. The summed E-state index contributed by atoms with van der Waals surface area (Å²) in [5, 5.41) is 6.38. The number of guanidine groups is 1. The third-order valence-electron chi connectivity index (χ3n) is 4.60. The molecule has 0 saturated heterocycles. The first-order valence-electron chi connectivity index (χ1n) is 9.95. The molecule has 0 aliphatic heterocycles. The summed E-state index contributed by atoms with van der Waals surface area (Å²) >= 11 is 0. The van der Waals surface area contributed by atoms with Crippen molar-refractivity contribution in [3.05, 3.63) is 23.8 Å². The highest BCUT2D eigenvalue weighted by atomic mass is 32.2. The Labute approximate surface area is 168 Å². The summed E-state index contributed by atoms with van der Waals surface area (Å²) in [6, 6.07) is 5.85. The molecule has 0 spiro atoms. The predicted octanol–water partition coefficient (Wildman–Crippen LogP) is 2.51. The van der Waals surface area contributed by atoms with E-state index in [2.05, 4.69) is 15.6 Å². The fourth-order valence-corrected chi connectivity index (χ4v) is 3.87. The summed E-state index contributed by atoms with van der Waals surface area (Å²) in [4.78, 5) is 4.64. The molecule has 1 aliphatic carbocycles. The number of para-hydroxylation sites is 1. The van der Waals surface area contributed by atoms with Gasteiger partial charge < -0.3 is 20.1 Å². The lowest BCUT2D eigenvalue weighted by atomic mass is 10.1. The number of rotatable bonds is 10. The van der Waals surface area contributed by atoms with Crippen LogP contribution in [0.25, 0.3) is 0 Å². The molecule has 158 valence electrons. The number of nitrogens with one attached hydrogen (secondary N) is 2. The SMILES string of the molecule is CCNC(=NCc1cccc(OC)c1OC1CCCC1)NCCCS(C)(=O)=O. The maximum absolute atomic E-state index is 11.3. The minimum Gasteiger partial charge on any atom is -0.493 e. The molecule has 2 rings (SSSR count). The molecule has 1 fully saturated rings. The molecule has 1 saturated carbocycles. The van der Waals surface area contributed by atoms with Gasteiger partial charge in [0.15, 0.2) is 17.5 Å². The van der Waals surface area contributed by atoms with E-state index < -0.39 is 9.84 Å². The summed E-state index contributed by atoms with van der Waals surface area (Å²) in [6.45, 7) is 3.71. The fraction of sp³-hybridized carbons (Fsp3) is 0.650. The zero-order chi connectivity index (χ0) is 20.4. The molecule has 0 aromatic heterocycles. The standard InChI is InChI=1S/C20H33N3O4S/c1-4-21-20(22-13-8-14-28(3,24)25)23-15-16-9-7-12-18(26-2)19(16)27-17-10-5-6-11-17/h7,9,12,17H,4-6,8,10-11,13-15H2,1-3H3,(H2,21,22,23). The average Bonchev–Trinajstić information content (AvgIpc) is 3.16. The van der Waals surface area contributed by atoms with Crippen molar-refractivity contribution in [3.8, 4) is 11.5 Å². The van der Waals surface area contributed by atoms with Crippen molar-refractivity contribution >= 4 is 15.8 Å². The van der Waals surface area contributed by atoms with Crippen LogP contribution in [-0.4, -0.2) is 52.7 Å². The Bertz CT molecular complexity index is 744. The molecule has 0 bridgehead atoms. The highest BCUT2D eigenvalue weighted by molar-refractivity contribution is 7.90. The van der Waals surface area contributed by atoms with Crippen LogP contribution in [0.3, 0.4) is 0 Å². The second-order valence-electron chi connectivity index (χ2n) is 7.08. The van der Waals surface area contributed by atoms with E-state index in [1.165, 1.54) is 19.1 Å². The van der Waals surface area contributed by atoms with Gasteiger partial charge in [0.1, 0.15) is 9.84 Å². The first-order valence-corrected chi connectivity index (χ1v) is 12.0. The van der Waals surface area contributed by atoms with Crippen molar-refractivity contribution in [2.75, 3.05) is 32.2 Å². The Kier molecular flexibility index (Phi) is 8.89. The Morgan fingerprint density at radius 1 is 1.25 bits per heavy atom. The van der Waals surface area contributed by atoms with Crippen LogP contribution >= 0.6 is 0 Å². The molecule has 0 amide bonds. The molecule has 28 heavy (non-hydrogen) atoms. The van der Waals surface area contributed by atoms with Gasteiger partial charge in [-0.2, -0.15) is 0 Å². The fourth-order valence-electron chi connectivity index (χ4n) is 3.20. The molecule has 0 radical (unpaired) electrons. The average molecular weight is 412 g/mol. The maximum Gasteiger partial charge on any atom is 0.191 e. The van der Waals surface area contributed by atoms with Gasteiger partial charge in [-0.25, -0.2) is 13.4 Å². The van der Waals surface area contributed by atoms with E-state index in [0.717, 1.165) is 36.4 Å². The van der Waals surface area contributed by atoms with E-state index in [9.17, 15) is 8.42 Å². The smallest absolute Gasteiger partial charge is 0.191 e. The molecule has 0 heterocycles. The Morgan fingerprint density at radius 2 is 2.00 bits per heavy atom. The molecule has 8 heteroatoms. The number of nitrogens with zero attached hydrogens (tertiary/aromatic N) is 1. The lowest BCUT2D eigenvalue weighted by Crippen LogP contribution is -2.38. The van der Waals surface area contributed by atoms with Gasteiger partial charge in [-0.05, 0) is 45.1 Å². The van der Waals surface area contributed by atoms with Gasteiger partial charge in [-0.3, -0.25) is 0 Å². The zero-order valence-electron chi connectivity index (χ0n) is 17.2. The number of hydrogen-bond acceptors (Lipinski definition) is 5. The predicted molar refractivity (Wildman–Crippen MR) is 113 cm³/mol. The number of ether oxygens (including phenoxy) is 2. The van der Waals surface area contributed by atoms with E-state index in [1.807, 2.05) is 25.1 Å². The van der Waals surface area contributed by atoms with Crippen molar-refractivity contribution < 1.29 is 17.9 Å². The number of hydrogen-bond donors (Lipinski definition) is 2. The number of aliphatic imine (C=N–C) groups is 1. The summed E-state index contributed by atoms with van der Waals surface area (Å²) in [5.41, 5.74) is 0.972. The number of methoxy groups -OCH3 is 1. The van der Waals surface area contributed by atoms with E-state index in [4.69, 9.17) is 9.47 Å². The van der Waals surface area contributed by atoms with Crippen molar-refractivity contribution in [1.29, 1.82) is 0 Å². The van der Waals surface area contributed by atoms with Crippen LogP contribution in [-0.2, 0) is 16.4 Å². The zero-order valence-corrected chi connectivity index (χ0v) is 18.0. The second kappa shape index (κ2) is 11.1. The van der Waals surface area contributed by atoms with Crippen LogP contribution in [0.2, 0.25) is 0 Å². The Hall–Kier alpha value is -1.96. The van der Waals surface area contributed by atoms with Gasteiger partial charge in [0.25, 0.3) is 0 Å². The van der Waals surface area contributed by atoms with Crippen LogP contribution in [0.1, 0.15) is 44.6 Å². The molecule has 1 aromatic carbocycles. The molecule has 2 N–H and O–H groups in total. The first-order chi connectivity index (χ1) is 13.4. The monoisotopic (exact) mass is 411 g/mol. The van der Waals surface area contributed by atoms with Crippen LogP contribution in [0.4, 0.5) is 0 Å². The van der Waals surface area contributed by atoms with Gasteiger partial charge >= 0.3 is 0 Å². The number of sulfone groups is 1. The molecular weight excluding hydrogens is 378 g/mol. The van der Waals surface area contributed by atoms with Gasteiger partial charge in [0.05, 0.1) is 25.5 Å². The summed E-state index contributed by atoms with van der Waals surface area (Å²) in [6.07, 6.45) is 6.59. The second-order valence-corrected chi connectivity index (χ2v) is 9.34. The maximum atomic E-state index is 11.3. The van der Waals surface area contributed by atoms with Gasteiger partial charge in [0, 0.05) is 24.9 Å². The quantitative estimate of drug-likeness (QED) is 0.349. The summed E-state index contributed by atoms with van der Waals surface area (Å²) < 4.78 is 34.3. The largest absolute Gasteiger partial charge is 0.493 e. The third kappa shape index (κ3) is 7.58.